The van der Waals surface area contributed by atoms with Crippen LogP contribution in [0.25, 0.3) is 0 Å². The molecule has 0 aliphatic rings. The Morgan fingerprint density at radius 1 is 1.12 bits per heavy atom. The predicted molar refractivity (Wildman–Crippen MR) is 74.3 cm³/mol. The molecule has 0 aliphatic heterocycles. The summed E-state index contributed by atoms with van der Waals surface area (Å²) in [6, 6.07) is 0. The lowest BCUT2D eigenvalue weighted by Crippen LogP contribution is -2.36. The molecule has 0 bridgehead atoms. The third-order valence-corrected chi connectivity index (χ3v) is 3.56. The molecule has 0 heterocycles. The number of primary amides is 1. The Bertz CT molecular complexity index is 245. The van der Waals surface area contributed by atoms with Gasteiger partial charge in [0.15, 0.2) is 0 Å². The van der Waals surface area contributed by atoms with Crippen molar-refractivity contribution in [3.8, 4) is 0 Å². The van der Waals surface area contributed by atoms with Gasteiger partial charge in [0, 0.05) is 6.42 Å². The van der Waals surface area contributed by atoms with E-state index in [1.807, 2.05) is 0 Å². The van der Waals surface area contributed by atoms with E-state index in [0.717, 1.165) is 6.42 Å². The minimum absolute atomic E-state index is 0.170. The van der Waals surface area contributed by atoms with E-state index in [1.54, 1.807) is 0 Å². The fourth-order valence-corrected chi connectivity index (χ4v) is 2.77. The monoisotopic (exact) mass is 240 g/mol. The van der Waals surface area contributed by atoms with E-state index in [-0.39, 0.29) is 16.7 Å². The summed E-state index contributed by atoms with van der Waals surface area (Å²) < 4.78 is 0. The number of amides is 1. The lowest BCUT2D eigenvalue weighted by Gasteiger charge is -2.43. The van der Waals surface area contributed by atoms with Gasteiger partial charge in [-0.25, -0.2) is 0 Å². The molecule has 17 heavy (non-hydrogen) atoms. The van der Waals surface area contributed by atoms with E-state index >= 15 is 0 Å². The van der Waals surface area contributed by atoms with Crippen LogP contribution >= 0.6 is 0 Å². The summed E-state index contributed by atoms with van der Waals surface area (Å²) in [6.07, 6.45) is 3.64. The molecule has 0 saturated heterocycles. The number of carbonyl (C=O) groups excluding carboxylic acids is 1. The van der Waals surface area contributed by atoms with Crippen molar-refractivity contribution in [1.82, 2.24) is 0 Å². The summed E-state index contributed by atoms with van der Waals surface area (Å²) in [5.41, 5.74) is 5.69. The Hall–Kier alpha value is -0.530. The predicted octanol–water partition coefficient (Wildman–Crippen LogP) is 3.80. The first-order valence-electron chi connectivity index (χ1n) is 6.61. The van der Waals surface area contributed by atoms with Gasteiger partial charge in [0.2, 0.25) is 5.91 Å². The van der Waals surface area contributed by atoms with Crippen LogP contribution < -0.4 is 5.73 Å². The lowest BCUT2D eigenvalue weighted by molar-refractivity contribution is -0.117. The van der Waals surface area contributed by atoms with Crippen LogP contribution in [0.3, 0.4) is 0 Å². The molecule has 0 aromatic heterocycles. The van der Waals surface area contributed by atoms with Crippen LogP contribution in [0.15, 0.2) is 0 Å². The van der Waals surface area contributed by atoms with Crippen LogP contribution in [0.4, 0.5) is 0 Å². The van der Waals surface area contributed by atoms with Gasteiger partial charge in [-0.2, -0.15) is 0 Å². The number of rotatable bonds is 5. The van der Waals surface area contributed by atoms with E-state index in [2.05, 4.69) is 54.9 Å². The van der Waals surface area contributed by atoms with E-state index in [9.17, 15) is 4.79 Å². The molecule has 0 saturated carbocycles. The van der Waals surface area contributed by atoms with Gasteiger partial charge in [-0.3, -0.25) is 4.79 Å². The second-order valence-electron chi connectivity index (χ2n) is 7.18. The van der Waals surface area contributed by atoms with Crippen molar-refractivity contribution in [2.45, 2.75) is 61.3 Å². The molecule has 2 N–H and O–H groups in total. The smallest absolute Gasteiger partial charge is 0.217 e. The fourth-order valence-electron chi connectivity index (χ4n) is 2.77. The molecule has 0 rings (SSSR count). The average molecular weight is 240 g/mol. The topological polar surface area (TPSA) is 43.1 Å². The highest BCUT2D eigenvalue weighted by Gasteiger charge is 2.37. The van der Waals surface area contributed by atoms with Crippen LogP contribution in [0.5, 0.6) is 0 Å². The van der Waals surface area contributed by atoms with Gasteiger partial charge in [0.05, 0.1) is 0 Å². The second kappa shape index (κ2) is 5.88. The van der Waals surface area contributed by atoms with Crippen molar-refractivity contribution < 1.29 is 4.79 Å². The minimum Gasteiger partial charge on any atom is -0.370 e. The summed E-state index contributed by atoms with van der Waals surface area (Å²) in [6.45, 7) is 15.8. The van der Waals surface area contributed by atoms with Crippen LogP contribution in [0, 0.1) is 29.1 Å². The van der Waals surface area contributed by atoms with Gasteiger partial charge in [-0.15, -0.1) is 0 Å². The molecule has 1 amide bonds. The number of carbonyl (C=O) groups is 1. The lowest BCUT2D eigenvalue weighted by atomic mass is 9.62. The number of nitrogens with two attached hydrogens (primary N) is 1. The van der Waals surface area contributed by atoms with E-state index in [4.69, 9.17) is 5.73 Å². The second-order valence-corrected chi connectivity index (χ2v) is 7.18. The van der Waals surface area contributed by atoms with Crippen LogP contribution in [-0.4, -0.2) is 5.91 Å². The number of hydrogen-bond acceptors (Lipinski definition) is 1. The molecule has 0 aromatic rings. The number of hydrogen-bond donors (Lipinski definition) is 1. The first kappa shape index (κ1) is 16.5. The average Bonchev–Trinajstić information content (AvgIpc) is 2.07. The Morgan fingerprint density at radius 2 is 1.59 bits per heavy atom. The van der Waals surface area contributed by atoms with Crippen molar-refractivity contribution in [3.05, 3.63) is 6.42 Å². The maximum atomic E-state index is 11.0. The van der Waals surface area contributed by atoms with E-state index in [1.165, 1.54) is 0 Å². The minimum atomic E-state index is -0.233. The third kappa shape index (κ3) is 5.56. The highest BCUT2D eigenvalue weighted by molar-refractivity contribution is 5.74. The zero-order chi connectivity index (χ0) is 13.9. The van der Waals surface area contributed by atoms with Gasteiger partial charge in [-0.05, 0) is 29.1 Å². The standard InChI is InChI=1S/C15H30NO/c1-8-11(14(2,3)4)12(15(5,6)7)9-10-13(16)17/h9,11-12H,8,10H2,1-7H3,(H2,16,17). The SMILES string of the molecule is CCC(C([CH]CC(N)=O)C(C)(C)C)C(C)(C)C. The van der Waals surface area contributed by atoms with Crippen molar-refractivity contribution in [3.63, 3.8) is 0 Å². The molecular weight excluding hydrogens is 210 g/mol. The molecule has 2 nitrogen and oxygen atoms in total. The fraction of sp³-hybridized carbons (Fsp3) is 0.867. The zero-order valence-electron chi connectivity index (χ0n) is 12.6. The first-order valence-corrected chi connectivity index (χ1v) is 6.61. The van der Waals surface area contributed by atoms with Crippen molar-refractivity contribution in [2.75, 3.05) is 0 Å². The Kier molecular flexibility index (Phi) is 5.70. The molecule has 0 fully saturated rings. The van der Waals surface area contributed by atoms with Gasteiger partial charge in [-0.1, -0.05) is 54.9 Å². The molecule has 0 aliphatic carbocycles. The van der Waals surface area contributed by atoms with Crippen LogP contribution in [0.1, 0.15) is 61.3 Å². The quantitative estimate of drug-likeness (QED) is 0.780. The summed E-state index contributed by atoms with van der Waals surface area (Å²) in [4.78, 5) is 11.0. The van der Waals surface area contributed by atoms with Crippen LogP contribution in [0.2, 0.25) is 0 Å². The molecule has 0 spiro atoms. The molecule has 2 atom stereocenters. The molecule has 2 heteroatoms. The van der Waals surface area contributed by atoms with E-state index in [0.29, 0.717) is 18.3 Å². The maximum Gasteiger partial charge on any atom is 0.217 e. The Labute approximate surface area is 107 Å². The van der Waals surface area contributed by atoms with Crippen LogP contribution in [-0.2, 0) is 4.79 Å². The molecule has 0 aromatic carbocycles. The summed E-state index contributed by atoms with van der Waals surface area (Å²) in [5, 5.41) is 0. The van der Waals surface area contributed by atoms with Gasteiger partial charge < -0.3 is 5.73 Å². The molecular formula is C15H30NO. The molecule has 1 radical (unpaired) electrons. The first-order chi connectivity index (χ1) is 7.50. The largest absolute Gasteiger partial charge is 0.370 e. The van der Waals surface area contributed by atoms with Crippen molar-refractivity contribution in [1.29, 1.82) is 0 Å². The maximum absolute atomic E-state index is 11.0. The summed E-state index contributed by atoms with van der Waals surface area (Å²) in [7, 11) is 0. The van der Waals surface area contributed by atoms with Crippen molar-refractivity contribution in [2.24, 2.45) is 28.4 Å². The highest BCUT2D eigenvalue weighted by Crippen LogP contribution is 2.44. The normalized spacial score (nSPS) is 16.6. The Morgan fingerprint density at radius 3 is 1.82 bits per heavy atom. The highest BCUT2D eigenvalue weighted by atomic mass is 16.1. The van der Waals surface area contributed by atoms with Gasteiger partial charge >= 0.3 is 0 Å². The third-order valence-electron chi connectivity index (χ3n) is 3.56. The van der Waals surface area contributed by atoms with Gasteiger partial charge in [0.25, 0.3) is 0 Å². The Balaban J connectivity index is 4.96. The van der Waals surface area contributed by atoms with E-state index < -0.39 is 0 Å². The van der Waals surface area contributed by atoms with Gasteiger partial charge in [0.1, 0.15) is 0 Å². The molecule has 101 valence electrons. The zero-order valence-corrected chi connectivity index (χ0v) is 12.6. The summed E-state index contributed by atoms with van der Waals surface area (Å²) >= 11 is 0. The summed E-state index contributed by atoms with van der Waals surface area (Å²) in [5.74, 6) is 0.755. The molecule has 2 unspecified atom stereocenters. The van der Waals surface area contributed by atoms with Crippen molar-refractivity contribution >= 4 is 5.91 Å².